The maximum Gasteiger partial charge on any atom is 0.273 e. The Morgan fingerprint density at radius 2 is 1.88 bits per heavy atom. The lowest BCUT2D eigenvalue weighted by Gasteiger charge is -2.11. The summed E-state index contributed by atoms with van der Waals surface area (Å²) in [5.74, 6) is -0.471. The zero-order valence-electron chi connectivity index (χ0n) is 17.9. The van der Waals surface area contributed by atoms with E-state index in [2.05, 4.69) is 37.6 Å². The molecule has 166 valence electrons. The Morgan fingerprint density at radius 3 is 2.58 bits per heavy atom. The average Bonchev–Trinajstić information content (AvgIpc) is 3.17. The summed E-state index contributed by atoms with van der Waals surface area (Å²) in [5, 5.41) is 16.2. The molecule has 0 bridgehead atoms. The van der Waals surface area contributed by atoms with Gasteiger partial charge in [-0.1, -0.05) is 29.8 Å². The number of ketones is 1. The van der Waals surface area contributed by atoms with E-state index in [0.29, 0.717) is 21.9 Å². The van der Waals surface area contributed by atoms with Crippen molar-refractivity contribution in [3.63, 3.8) is 0 Å². The van der Waals surface area contributed by atoms with Crippen molar-refractivity contribution in [2.45, 2.75) is 32.6 Å². The van der Waals surface area contributed by atoms with Crippen molar-refractivity contribution < 1.29 is 9.59 Å². The van der Waals surface area contributed by atoms with Gasteiger partial charge >= 0.3 is 0 Å². The van der Waals surface area contributed by atoms with Gasteiger partial charge in [-0.2, -0.15) is 5.26 Å². The number of fused-ring (bicyclic) bond motifs is 1. The van der Waals surface area contributed by atoms with Crippen molar-refractivity contribution in [2.75, 3.05) is 10.6 Å². The molecular weight excluding hydrogens is 500 g/mol. The van der Waals surface area contributed by atoms with Crippen LogP contribution >= 0.6 is 27.3 Å². The summed E-state index contributed by atoms with van der Waals surface area (Å²) < 4.78 is 0.784. The van der Waals surface area contributed by atoms with Crippen LogP contribution in [0.1, 0.15) is 44.8 Å². The van der Waals surface area contributed by atoms with Crippen LogP contribution in [-0.2, 0) is 17.6 Å². The predicted octanol–water partition coefficient (Wildman–Crippen LogP) is 5.78. The molecule has 1 aromatic carbocycles. The highest BCUT2D eigenvalue weighted by molar-refractivity contribution is 9.10. The quantitative estimate of drug-likeness (QED) is 0.317. The molecule has 6 nitrogen and oxygen atoms in total. The monoisotopic (exact) mass is 520 g/mol. The van der Waals surface area contributed by atoms with Gasteiger partial charge in [-0.3, -0.25) is 9.59 Å². The number of hydrogen-bond acceptors (Lipinski definition) is 6. The van der Waals surface area contributed by atoms with Crippen molar-refractivity contribution in [1.82, 2.24) is 4.98 Å². The van der Waals surface area contributed by atoms with Crippen LogP contribution in [0.4, 0.5) is 10.8 Å². The fourth-order valence-corrected chi connectivity index (χ4v) is 5.11. The van der Waals surface area contributed by atoms with E-state index in [4.69, 9.17) is 0 Å². The van der Waals surface area contributed by atoms with E-state index in [9.17, 15) is 14.9 Å². The number of aromatic nitrogens is 1. The number of anilines is 2. The number of pyridine rings is 1. The van der Waals surface area contributed by atoms with E-state index in [1.807, 2.05) is 19.1 Å². The molecule has 0 spiro atoms. The first-order valence-electron chi connectivity index (χ1n) is 10.5. The van der Waals surface area contributed by atoms with Crippen molar-refractivity contribution in [1.29, 1.82) is 5.26 Å². The van der Waals surface area contributed by atoms with Crippen LogP contribution in [0, 0.1) is 18.3 Å². The average molecular weight is 521 g/mol. The number of carbonyl (C=O) groups is 2. The highest BCUT2D eigenvalue weighted by atomic mass is 79.9. The molecule has 33 heavy (non-hydrogen) atoms. The minimum atomic E-state index is -0.513. The highest BCUT2D eigenvalue weighted by Gasteiger charge is 2.23. The van der Waals surface area contributed by atoms with Crippen molar-refractivity contribution in [3.8, 4) is 6.07 Å². The zero-order valence-corrected chi connectivity index (χ0v) is 20.3. The molecule has 1 aliphatic rings. The standard InChI is InChI=1S/C25H21BrN4O2S/c1-15-6-8-16(9-7-15)21(31)12-20(24(32)30-23-11-10-17(26)14-28-23)29-25-19(13-27)18-4-2-3-5-22(18)33-25/h6-12,14,29H,2-5H2,1H3,(H,28,30,32). The Kier molecular flexibility index (Phi) is 7.02. The molecule has 8 heteroatoms. The third-order valence-corrected chi connectivity index (χ3v) is 7.03. The maximum atomic E-state index is 13.1. The summed E-state index contributed by atoms with van der Waals surface area (Å²) in [5.41, 5.74) is 3.17. The van der Waals surface area contributed by atoms with E-state index in [1.54, 1.807) is 30.5 Å². The Balaban J connectivity index is 1.68. The number of carbonyl (C=O) groups excluding carboxylic acids is 2. The smallest absolute Gasteiger partial charge is 0.273 e. The lowest BCUT2D eigenvalue weighted by Crippen LogP contribution is -2.21. The Labute approximate surface area is 204 Å². The fraction of sp³-hybridized carbons (Fsp3) is 0.200. The van der Waals surface area contributed by atoms with Gasteiger partial charge in [0.15, 0.2) is 5.78 Å². The largest absolute Gasteiger partial charge is 0.342 e. The second kappa shape index (κ2) is 10.1. The van der Waals surface area contributed by atoms with Crippen LogP contribution in [0.3, 0.4) is 0 Å². The highest BCUT2D eigenvalue weighted by Crippen LogP contribution is 2.38. The SMILES string of the molecule is Cc1ccc(C(=O)C=C(Nc2sc3c(c2C#N)CCCC3)C(=O)Nc2ccc(Br)cn2)cc1. The molecule has 4 rings (SSSR count). The van der Waals surface area contributed by atoms with Gasteiger partial charge in [-0.05, 0) is 66.2 Å². The third-order valence-electron chi connectivity index (χ3n) is 5.36. The van der Waals surface area contributed by atoms with Crippen LogP contribution in [-0.4, -0.2) is 16.7 Å². The Morgan fingerprint density at radius 1 is 1.12 bits per heavy atom. The van der Waals surface area contributed by atoms with Gasteiger partial charge in [-0.25, -0.2) is 4.98 Å². The Hall–Kier alpha value is -3.28. The van der Waals surface area contributed by atoms with Crippen LogP contribution < -0.4 is 10.6 Å². The molecule has 1 aliphatic carbocycles. The number of amides is 1. The third kappa shape index (κ3) is 5.38. The molecule has 2 heterocycles. The van der Waals surface area contributed by atoms with Gasteiger partial charge in [0.1, 0.15) is 22.6 Å². The van der Waals surface area contributed by atoms with Gasteiger partial charge in [-0.15, -0.1) is 11.3 Å². The molecule has 1 amide bonds. The van der Waals surface area contributed by atoms with Gasteiger partial charge < -0.3 is 10.6 Å². The number of rotatable bonds is 6. The minimum Gasteiger partial charge on any atom is -0.342 e. The second-order valence-corrected chi connectivity index (χ2v) is 9.78. The number of thiophene rings is 1. The molecule has 0 unspecified atom stereocenters. The molecule has 2 aromatic heterocycles. The number of nitrogens with zero attached hydrogens (tertiary/aromatic N) is 2. The number of aryl methyl sites for hydroxylation is 2. The maximum absolute atomic E-state index is 13.1. The predicted molar refractivity (Wildman–Crippen MR) is 133 cm³/mol. The summed E-state index contributed by atoms with van der Waals surface area (Å²) in [6.45, 7) is 1.94. The fourth-order valence-electron chi connectivity index (χ4n) is 3.62. The van der Waals surface area contributed by atoms with Crippen molar-refractivity contribution >= 4 is 49.8 Å². The first-order valence-corrected chi connectivity index (χ1v) is 12.1. The van der Waals surface area contributed by atoms with Crippen LogP contribution in [0.15, 0.2) is 58.8 Å². The van der Waals surface area contributed by atoms with Crippen LogP contribution in [0.2, 0.25) is 0 Å². The number of nitriles is 1. The zero-order chi connectivity index (χ0) is 23.4. The lowest BCUT2D eigenvalue weighted by atomic mass is 9.96. The number of allylic oxidation sites excluding steroid dienone is 1. The number of benzene rings is 1. The molecule has 0 aliphatic heterocycles. The molecule has 0 saturated heterocycles. The Bertz CT molecular complexity index is 1270. The van der Waals surface area contributed by atoms with Gasteiger partial charge in [0.2, 0.25) is 0 Å². The summed E-state index contributed by atoms with van der Waals surface area (Å²) in [6, 6.07) is 12.9. The summed E-state index contributed by atoms with van der Waals surface area (Å²) in [4.78, 5) is 31.4. The topological polar surface area (TPSA) is 94.9 Å². The molecule has 0 atom stereocenters. The molecule has 0 radical (unpaired) electrons. The molecule has 3 aromatic rings. The first kappa shape index (κ1) is 22.9. The summed E-state index contributed by atoms with van der Waals surface area (Å²) in [6.07, 6.45) is 6.76. The molecule has 0 saturated carbocycles. The summed E-state index contributed by atoms with van der Waals surface area (Å²) >= 11 is 4.80. The molecular formula is C25H21BrN4O2S. The second-order valence-electron chi connectivity index (χ2n) is 7.76. The van der Waals surface area contributed by atoms with E-state index in [0.717, 1.165) is 41.3 Å². The van der Waals surface area contributed by atoms with Gasteiger partial charge in [0, 0.05) is 27.2 Å². The van der Waals surface area contributed by atoms with E-state index < -0.39 is 5.91 Å². The number of halogens is 1. The van der Waals surface area contributed by atoms with E-state index >= 15 is 0 Å². The number of nitrogens with one attached hydrogen (secondary N) is 2. The van der Waals surface area contributed by atoms with Gasteiger partial charge in [0.25, 0.3) is 5.91 Å². The van der Waals surface area contributed by atoms with Crippen LogP contribution in [0.5, 0.6) is 0 Å². The van der Waals surface area contributed by atoms with Gasteiger partial charge in [0.05, 0.1) is 5.56 Å². The molecule has 0 fully saturated rings. The summed E-state index contributed by atoms with van der Waals surface area (Å²) in [7, 11) is 0. The van der Waals surface area contributed by atoms with Crippen molar-refractivity contribution in [2.24, 2.45) is 0 Å². The molecule has 2 N–H and O–H groups in total. The van der Waals surface area contributed by atoms with Crippen molar-refractivity contribution in [3.05, 3.63) is 86.0 Å². The van der Waals surface area contributed by atoms with E-state index in [-0.39, 0.29) is 11.5 Å². The first-order chi connectivity index (χ1) is 15.9. The van der Waals surface area contributed by atoms with E-state index in [1.165, 1.54) is 22.3 Å². The van der Waals surface area contributed by atoms with Crippen LogP contribution in [0.25, 0.3) is 0 Å². The normalized spacial score (nSPS) is 13.1. The lowest BCUT2D eigenvalue weighted by molar-refractivity contribution is -0.112. The number of hydrogen-bond donors (Lipinski definition) is 2. The minimum absolute atomic E-state index is 0.0559.